The number of nitrogens with one attached hydrogen (secondary N) is 1. The first kappa shape index (κ1) is 21.5. The summed E-state index contributed by atoms with van der Waals surface area (Å²) in [6, 6.07) is 20.2. The molecule has 1 fully saturated rings. The molecule has 4 nitrogen and oxygen atoms in total. The third-order valence-electron chi connectivity index (χ3n) is 6.01. The van der Waals surface area contributed by atoms with Crippen molar-refractivity contribution < 1.29 is 9.53 Å². The van der Waals surface area contributed by atoms with Crippen LogP contribution in [-0.4, -0.2) is 30.6 Å². The zero-order valence-corrected chi connectivity index (χ0v) is 18.3. The number of pyridine rings is 1. The van der Waals surface area contributed by atoms with Crippen LogP contribution in [0, 0.1) is 5.41 Å². The summed E-state index contributed by atoms with van der Waals surface area (Å²) in [4.78, 5) is 17.5. The van der Waals surface area contributed by atoms with E-state index < -0.39 is 5.41 Å². The first-order valence-corrected chi connectivity index (χ1v) is 11.1. The molecular formula is C26H27ClN2O2. The number of halogens is 1. The van der Waals surface area contributed by atoms with Crippen LogP contribution >= 0.6 is 11.6 Å². The maximum absolute atomic E-state index is 13.3. The molecule has 2 aromatic carbocycles. The number of rotatable bonds is 7. The second-order valence-corrected chi connectivity index (χ2v) is 8.58. The van der Waals surface area contributed by atoms with E-state index in [0.29, 0.717) is 26.2 Å². The fourth-order valence-electron chi connectivity index (χ4n) is 4.19. The Morgan fingerprint density at radius 2 is 1.77 bits per heavy atom. The number of hydrogen-bond acceptors (Lipinski definition) is 3. The van der Waals surface area contributed by atoms with Gasteiger partial charge in [0.1, 0.15) is 0 Å². The highest BCUT2D eigenvalue weighted by molar-refractivity contribution is 6.30. The number of nitrogens with zero attached hydrogens (tertiary/aromatic N) is 1. The van der Waals surface area contributed by atoms with Crippen LogP contribution in [0.2, 0.25) is 5.02 Å². The van der Waals surface area contributed by atoms with Gasteiger partial charge in [-0.2, -0.15) is 0 Å². The van der Waals surface area contributed by atoms with Gasteiger partial charge in [0.2, 0.25) is 5.91 Å². The van der Waals surface area contributed by atoms with E-state index in [-0.39, 0.29) is 5.91 Å². The molecule has 1 amide bonds. The van der Waals surface area contributed by atoms with E-state index in [1.807, 2.05) is 36.5 Å². The zero-order valence-electron chi connectivity index (χ0n) is 17.5. The Labute approximate surface area is 188 Å². The molecule has 1 saturated heterocycles. The van der Waals surface area contributed by atoms with Gasteiger partial charge in [-0.05, 0) is 66.1 Å². The molecule has 0 aliphatic carbocycles. The molecule has 1 aliphatic heterocycles. The van der Waals surface area contributed by atoms with Gasteiger partial charge in [-0.3, -0.25) is 9.78 Å². The molecular weight excluding hydrogens is 408 g/mol. The van der Waals surface area contributed by atoms with Crippen LogP contribution in [0.1, 0.15) is 24.0 Å². The van der Waals surface area contributed by atoms with Crippen molar-refractivity contribution in [1.29, 1.82) is 0 Å². The van der Waals surface area contributed by atoms with Crippen molar-refractivity contribution in [3.8, 4) is 11.1 Å². The second-order valence-electron chi connectivity index (χ2n) is 8.14. The third kappa shape index (κ3) is 5.52. The Bertz CT molecular complexity index is 999. The van der Waals surface area contributed by atoms with Gasteiger partial charge < -0.3 is 10.1 Å². The lowest BCUT2D eigenvalue weighted by Crippen LogP contribution is -2.46. The monoisotopic (exact) mass is 434 g/mol. The lowest BCUT2D eigenvalue weighted by molar-refractivity contribution is -0.136. The molecule has 0 radical (unpaired) electrons. The largest absolute Gasteiger partial charge is 0.381 e. The lowest BCUT2D eigenvalue weighted by atomic mass is 9.74. The van der Waals surface area contributed by atoms with E-state index in [1.165, 1.54) is 0 Å². The fourth-order valence-corrected chi connectivity index (χ4v) is 4.32. The van der Waals surface area contributed by atoms with Gasteiger partial charge in [0, 0.05) is 37.2 Å². The van der Waals surface area contributed by atoms with E-state index in [9.17, 15) is 4.79 Å². The van der Waals surface area contributed by atoms with Gasteiger partial charge in [0.25, 0.3) is 0 Å². The predicted octanol–water partition coefficient (Wildman–Crippen LogP) is 5.10. The highest BCUT2D eigenvalue weighted by Crippen LogP contribution is 2.35. The number of carbonyl (C=O) groups is 1. The summed E-state index contributed by atoms with van der Waals surface area (Å²) < 4.78 is 5.59. The summed E-state index contributed by atoms with van der Waals surface area (Å²) in [6.07, 6.45) is 6.60. The molecule has 31 heavy (non-hydrogen) atoms. The summed E-state index contributed by atoms with van der Waals surface area (Å²) in [5.41, 5.74) is 4.09. The first-order valence-electron chi connectivity index (χ1n) is 10.7. The summed E-state index contributed by atoms with van der Waals surface area (Å²) in [7, 11) is 0. The minimum absolute atomic E-state index is 0.122. The van der Waals surface area contributed by atoms with Crippen LogP contribution in [0.25, 0.3) is 11.1 Å². The third-order valence-corrected chi connectivity index (χ3v) is 6.26. The highest BCUT2D eigenvalue weighted by atomic mass is 35.5. The molecule has 1 aromatic heterocycles. The van der Waals surface area contributed by atoms with Crippen molar-refractivity contribution in [2.45, 2.75) is 25.7 Å². The average Bonchev–Trinajstić information content (AvgIpc) is 2.82. The van der Waals surface area contributed by atoms with Crippen LogP contribution in [0.4, 0.5) is 0 Å². The molecule has 0 atom stereocenters. The predicted molar refractivity (Wildman–Crippen MR) is 124 cm³/mol. The minimum Gasteiger partial charge on any atom is -0.381 e. The maximum Gasteiger partial charge on any atom is 0.226 e. The topological polar surface area (TPSA) is 51.2 Å². The standard InChI is InChI=1S/C26H27ClN2O2/c27-24-8-6-20(7-9-24)10-14-29-25(30)26(11-15-31-16-12-26)18-21-3-1-4-22(17-21)23-5-2-13-28-19-23/h1-9,13,17,19H,10-12,14-16,18H2,(H,29,30). The maximum atomic E-state index is 13.3. The Morgan fingerprint density at radius 1 is 1.00 bits per heavy atom. The van der Waals surface area contributed by atoms with Crippen LogP contribution < -0.4 is 5.32 Å². The molecule has 0 unspecified atom stereocenters. The normalized spacial score (nSPS) is 15.4. The summed E-state index contributed by atoms with van der Waals surface area (Å²) >= 11 is 5.96. The van der Waals surface area contributed by atoms with Gasteiger partial charge in [-0.1, -0.05) is 54.1 Å². The molecule has 5 heteroatoms. The van der Waals surface area contributed by atoms with Crippen molar-refractivity contribution in [1.82, 2.24) is 10.3 Å². The Hall–Kier alpha value is -2.69. The van der Waals surface area contributed by atoms with Crippen LogP contribution in [-0.2, 0) is 22.4 Å². The molecule has 4 rings (SSSR count). The van der Waals surface area contributed by atoms with Crippen molar-refractivity contribution >= 4 is 17.5 Å². The van der Waals surface area contributed by atoms with Gasteiger partial charge >= 0.3 is 0 Å². The van der Waals surface area contributed by atoms with E-state index in [2.05, 4.69) is 40.6 Å². The van der Waals surface area contributed by atoms with E-state index in [1.54, 1.807) is 6.20 Å². The van der Waals surface area contributed by atoms with Crippen LogP contribution in [0.5, 0.6) is 0 Å². The first-order chi connectivity index (χ1) is 15.1. The minimum atomic E-state index is -0.439. The average molecular weight is 435 g/mol. The van der Waals surface area contributed by atoms with Gasteiger partial charge in [-0.15, -0.1) is 0 Å². The van der Waals surface area contributed by atoms with Gasteiger partial charge in [0.05, 0.1) is 5.41 Å². The van der Waals surface area contributed by atoms with Crippen LogP contribution in [0.15, 0.2) is 73.1 Å². The van der Waals surface area contributed by atoms with Crippen molar-refractivity contribution in [3.05, 3.63) is 89.2 Å². The SMILES string of the molecule is O=C(NCCc1ccc(Cl)cc1)C1(Cc2cccc(-c3cccnc3)c2)CCOCC1. The van der Waals surface area contributed by atoms with Gasteiger partial charge in [0.15, 0.2) is 0 Å². The smallest absolute Gasteiger partial charge is 0.226 e. The molecule has 0 saturated carbocycles. The number of amides is 1. The highest BCUT2D eigenvalue weighted by Gasteiger charge is 2.39. The fraction of sp³-hybridized carbons (Fsp3) is 0.308. The Balaban J connectivity index is 1.46. The molecule has 2 heterocycles. The molecule has 3 aromatic rings. The van der Waals surface area contributed by atoms with E-state index >= 15 is 0 Å². The van der Waals surface area contributed by atoms with Crippen molar-refractivity contribution in [3.63, 3.8) is 0 Å². The van der Waals surface area contributed by atoms with Crippen molar-refractivity contribution in [2.24, 2.45) is 5.41 Å². The summed E-state index contributed by atoms with van der Waals surface area (Å²) in [6.45, 7) is 1.85. The van der Waals surface area contributed by atoms with Gasteiger partial charge in [-0.25, -0.2) is 0 Å². The summed E-state index contributed by atoms with van der Waals surface area (Å²) in [5.74, 6) is 0.122. The quantitative estimate of drug-likeness (QED) is 0.562. The Kier molecular flexibility index (Phi) is 7.00. The summed E-state index contributed by atoms with van der Waals surface area (Å²) in [5, 5.41) is 3.91. The van der Waals surface area contributed by atoms with E-state index in [4.69, 9.17) is 16.3 Å². The van der Waals surface area contributed by atoms with Crippen LogP contribution in [0.3, 0.4) is 0 Å². The van der Waals surface area contributed by atoms with Crippen molar-refractivity contribution in [2.75, 3.05) is 19.8 Å². The molecule has 1 N–H and O–H groups in total. The lowest BCUT2D eigenvalue weighted by Gasteiger charge is -2.36. The number of hydrogen-bond donors (Lipinski definition) is 1. The Morgan fingerprint density at radius 3 is 2.52 bits per heavy atom. The number of benzene rings is 2. The molecule has 1 aliphatic rings. The second kappa shape index (κ2) is 10.1. The molecule has 0 spiro atoms. The number of aromatic nitrogens is 1. The van der Waals surface area contributed by atoms with E-state index in [0.717, 1.165) is 46.5 Å². The zero-order chi connectivity index (χ0) is 21.5. The number of carbonyl (C=O) groups excluding carboxylic acids is 1. The molecule has 0 bridgehead atoms. The number of ether oxygens (including phenoxy) is 1. The molecule has 160 valence electrons.